The van der Waals surface area contributed by atoms with E-state index in [-0.39, 0.29) is 18.8 Å². The largest absolute Gasteiger partial charge is 0.392 e. The molecule has 2 atom stereocenters. The number of β-amino-alcohol motifs (C(OH)–C–C–N with tert-alkyl or cyclic N) is 1. The molecule has 1 aromatic rings. The summed E-state index contributed by atoms with van der Waals surface area (Å²) in [4.78, 5) is 7.18. The summed E-state index contributed by atoms with van der Waals surface area (Å²) < 4.78 is 0. The molecule has 140 valence electrons. The van der Waals surface area contributed by atoms with Crippen LogP contribution in [0.25, 0.3) is 0 Å². The second-order valence-electron chi connectivity index (χ2n) is 7.92. The number of nitrogens with zero attached hydrogens (tertiary/aromatic N) is 3. The molecule has 0 amide bonds. The molecule has 0 aliphatic carbocycles. The van der Waals surface area contributed by atoms with Gasteiger partial charge in [-0.1, -0.05) is 6.07 Å². The maximum atomic E-state index is 10.6. The highest BCUT2D eigenvalue weighted by Crippen LogP contribution is 2.26. The highest BCUT2D eigenvalue weighted by molar-refractivity contribution is 5.44. The summed E-state index contributed by atoms with van der Waals surface area (Å²) in [6.45, 7) is 13.2. The fourth-order valence-electron chi connectivity index (χ4n) is 4.47. The van der Waals surface area contributed by atoms with E-state index in [2.05, 4.69) is 48.6 Å². The van der Waals surface area contributed by atoms with Gasteiger partial charge in [0.15, 0.2) is 0 Å². The first-order chi connectivity index (χ1) is 11.9. The zero-order valence-corrected chi connectivity index (χ0v) is 16.1. The standard InChI is InChI=1S/C20H33N3O2/c1-14-9-15(2)18(13-24)16(3)17(14)10-22-11-19(20(25)12-22)23-7-5-21(4)6-8-23/h9,19-20,24-25H,5-8,10-13H2,1-4H3/t19-,20-/m0/s1. The molecule has 5 nitrogen and oxygen atoms in total. The number of piperazine rings is 1. The second kappa shape index (κ2) is 7.72. The van der Waals surface area contributed by atoms with Gasteiger partial charge >= 0.3 is 0 Å². The Balaban J connectivity index is 1.71. The lowest BCUT2D eigenvalue weighted by Gasteiger charge is -2.37. The van der Waals surface area contributed by atoms with Crippen molar-refractivity contribution in [2.45, 2.75) is 46.1 Å². The topological polar surface area (TPSA) is 50.2 Å². The monoisotopic (exact) mass is 347 g/mol. The van der Waals surface area contributed by atoms with Gasteiger partial charge in [-0.3, -0.25) is 9.80 Å². The number of hydrogen-bond donors (Lipinski definition) is 2. The fraction of sp³-hybridized carbons (Fsp3) is 0.700. The van der Waals surface area contributed by atoms with Gasteiger partial charge in [0.05, 0.1) is 12.7 Å². The number of benzene rings is 1. The molecule has 0 bridgehead atoms. The van der Waals surface area contributed by atoms with Crippen molar-refractivity contribution >= 4 is 0 Å². The van der Waals surface area contributed by atoms with Crippen molar-refractivity contribution < 1.29 is 10.2 Å². The summed E-state index contributed by atoms with van der Waals surface area (Å²) in [5.41, 5.74) is 6.01. The Morgan fingerprint density at radius 1 is 1.00 bits per heavy atom. The normalized spacial score (nSPS) is 26.5. The van der Waals surface area contributed by atoms with Crippen molar-refractivity contribution in [3.05, 3.63) is 33.9 Å². The first-order valence-electron chi connectivity index (χ1n) is 9.43. The lowest BCUT2D eigenvalue weighted by molar-refractivity contribution is 0.0512. The van der Waals surface area contributed by atoms with E-state index in [9.17, 15) is 10.2 Å². The van der Waals surface area contributed by atoms with Gasteiger partial charge in [-0.25, -0.2) is 0 Å². The van der Waals surface area contributed by atoms with E-state index in [0.29, 0.717) is 0 Å². The van der Waals surface area contributed by atoms with E-state index in [4.69, 9.17) is 0 Å². The van der Waals surface area contributed by atoms with Crippen molar-refractivity contribution in [3.63, 3.8) is 0 Å². The first-order valence-corrected chi connectivity index (χ1v) is 9.43. The molecule has 1 aromatic carbocycles. The van der Waals surface area contributed by atoms with Gasteiger partial charge in [0, 0.05) is 51.9 Å². The molecule has 2 heterocycles. The Labute approximate surface area is 151 Å². The smallest absolute Gasteiger partial charge is 0.0834 e. The number of likely N-dealkylation sites (tertiary alicyclic amines) is 1. The molecule has 2 saturated heterocycles. The molecule has 2 N–H and O–H groups in total. The highest BCUT2D eigenvalue weighted by atomic mass is 16.3. The molecule has 0 aromatic heterocycles. The van der Waals surface area contributed by atoms with E-state index in [1.165, 1.54) is 16.7 Å². The third kappa shape index (κ3) is 3.91. The van der Waals surface area contributed by atoms with Crippen LogP contribution in [0.3, 0.4) is 0 Å². The SMILES string of the molecule is Cc1cc(C)c(CN2C[C@H](O)[C@@H](N3CCN(C)CC3)C2)c(C)c1CO. The molecule has 25 heavy (non-hydrogen) atoms. The molecule has 3 rings (SSSR count). The van der Waals surface area contributed by atoms with E-state index in [1.54, 1.807) is 0 Å². The average Bonchev–Trinajstić information content (AvgIpc) is 2.93. The highest BCUT2D eigenvalue weighted by Gasteiger charge is 2.36. The predicted molar refractivity (Wildman–Crippen MR) is 101 cm³/mol. The molecule has 0 radical (unpaired) electrons. The summed E-state index contributed by atoms with van der Waals surface area (Å²) in [5.74, 6) is 0. The number of aliphatic hydroxyl groups is 2. The Morgan fingerprint density at radius 3 is 2.28 bits per heavy atom. The number of aliphatic hydroxyl groups excluding tert-OH is 2. The van der Waals surface area contributed by atoms with Crippen LogP contribution in [0.15, 0.2) is 6.07 Å². The van der Waals surface area contributed by atoms with Crippen LogP contribution in [0.2, 0.25) is 0 Å². The van der Waals surface area contributed by atoms with Crippen molar-refractivity contribution in [1.29, 1.82) is 0 Å². The Bertz CT molecular complexity index is 611. The Hall–Kier alpha value is -0.980. The number of rotatable bonds is 4. The fourth-order valence-corrected chi connectivity index (χ4v) is 4.47. The van der Waals surface area contributed by atoms with Gasteiger partial charge in [0.2, 0.25) is 0 Å². The van der Waals surface area contributed by atoms with Gasteiger partial charge < -0.3 is 15.1 Å². The average molecular weight is 348 g/mol. The van der Waals surface area contributed by atoms with Gasteiger partial charge in [-0.05, 0) is 55.6 Å². The Kier molecular flexibility index (Phi) is 5.81. The first kappa shape index (κ1) is 18.8. The molecule has 0 unspecified atom stereocenters. The van der Waals surface area contributed by atoms with Crippen molar-refractivity contribution in [2.24, 2.45) is 0 Å². The maximum Gasteiger partial charge on any atom is 0.0834 e. The third-order valence-electron chi connectivity index (χ3n) is 6.17. The van der Waals surface area contributed by atoms with E-state index >= 15 is 0 Å². The van der Waals surface area contributed by atoms with Crippen LogP contribution in [0.5, 0.6) is 0 Å². The summed E-state index contributed by atoms with van der Waals surface area (Å²) in [6, 6.07) is 2.43. The molecule has 0 spiro atoms. The van der Waals surface area contributed by atoms with Crippen LogP contribution < -0.4 is 0 Å². The van der Waals surface area contributed by atoms with Crippen LogP contribution in [0.1, 0.15) is 27.8 Å². The van der Waals surface area contributed by atoms with Crippen molar-refractivity contribution in [1.82, 2.24) is 14.7 Å². The zero-order valence-electron chi connectivity index (χ0n) is 16.1. The second-order valence-corrected chi connectivity index (χ2v) is 7.92. The summed E-state index contributed by atoms with van der Waals surface area (Å²) in [7, 11) is 2.16. The molecule has 2 fully saturated rings. The minimum atomic E-state index is -0.272. The van der Waals surface area contributed by atoms with Crippen LogP contribution in [-0.4, -0.2) is 83.4 Å². The summed E-state index contributed by atoms with van der Waals surface area (Å²) in [5, 5.41) is 20.3. The van der Waals surface area contributed by atoms with E-state index in [1.807, 2.05) is 0 Å². The molecular formula is C20H33N3O2. The lowest BCUT2D eigenvalue weighted by atomic mass is 9.93. The lowest BCUT2D eigenvalue weighted by Crippen LogP contribution is -2.52. The van der Waals surface area contributed by atoms with Crippen LogP contribution in [0.4, 0.5) is 0 Å². The minimum Gasteiger partial charge on any atom is -0.392 e. The van der Waals surface area contributed by atoms with Crippen LogP contribution in [-0.2, 0) is 13.2 Å². The Morgan fingerprint density at radius 2 is 1.64 bits per heavy atom. The number of likely N-dealkylation sites (N-methyl/N-ethyl adjacent to an activating group) is 1. The summed E-state index contributed by atoms with van der Waals surface area (Å²) >= 11 is 0. The summed E-state index contributed by atoms with van der Waals surface area (Å²) in [6.07, 6.45) is -0.272. The molecule has 5 heteroatoms. The molecular weight excluding hydrogens is 314 g/mol. The van der Waals surface area contributed by atoms with Gasteiger partial charge in [-0.2, -0.15) is 0 Å². The maximum absolute atomic E-state index is 10.6. The number of hydrogen-bond acceptors (Lipinski definition) is 5. The number of aryl methyl sites for hydroxylation is 2. The van der Waals surface area contributed by atoms with Gasteiger partial charge in [0.25, 0.3) is 0 Å². The van der Waals surface area contributed by atoms with Crippen LogP contribution in [0, 0.1) is 20.8 Å². The minimum absolute atomic E-state index is 0.0947. The molecule has 0 saturated carbocycles. The van der Waals surface area contributed by atoms with E-state index < -0.39 is 0 Å². The van der Waals surface area contributed by atoms with E-state index in [0.717, 1.165) is 56.9 Å². The zero-order chi connectivity index (χ0) is 18.1. The van der Waals surface area contributed by atoms with Crippen LogP contribution >= 0.6 is 0 Å². The predicted octanol–water partition coefficient (Wildman–Crippen LogP) is 0.897. The third-order valence-corrected chi connectivity index (χ3v) is 6.17. The van der Waals surface area contributed by atoms with Gasteiger partial charge in [0.1, 0.15) is 0 Å². The van der Waals surface area contributed by atoms with Crippen molar-refractivity contribution in [2.75, 3.05) is 46.3 Å². The van der Waals surface area contributed by atoms with Gasteiger partial charge in [-0.15, -0.1) is 0 Å². The van der Waals surface area contributed by atoms with Crippen molar-refractivity contribution in [3.8, 4) is 0 Å². The molecule has 2 aliphatic heterocycles. The quantitative estimate of drug-likeness (QED) is 0.847. The molecule has 2 aliphatic rings.